The second kappa shape index (κ2) is 9.89. The van der Waals surface area contributed by atoms with Crippen molar-refractivity contribution in [2.24, 2.45) is 0 Å². The number of hydrogen-bond acceptors (Lipinski definition) is 6. The summed E-state index contributed by atoms with van der Waals surface area (Å²) in [6.07, 6.45) is 3.83. The molecule has 0 bridgehead atoms. The lowest BCUT2D eigenvalue weighted by Crippen LogP contribution is -2.25. The molecule has 0 atom stereocenters. The Balaban J connectivity index is 1.64. The van der Waals surface area contributed by atoms with E-state index in [2.05, 4.69) is 25.9 Å². The van der Waals surface area contributed by atoms with E-state index in [4.69, 9.17) is 17.3 Å². The number of pyridine rings is 2. The summed E-state index contributed by atoms with van der Waals surface area (Å²) in [6, 6.07) is 9.21. The quantitative estimate of drug-likeness (QED) is 0.411. The lowest BCUT2D eigenvalue weighted by atomic mass is 10.1. The van der Waals surface area contributed by atoms with E-state index in [9.17, 15) is 9.59 Å². The van der Waals surface area contributed by atoms with Crippen LogP contribution in [0.5, 0.6) is 0 Å². The summed E-state index contributed by atoms with van der Waals surface area (Å²) in [5.41, 5.74) is 7.17. The Morgan fingerprint density at radius 2 is 1.93 bits per heavy atom. The maximum Gasteiger partial charge on any atom is 0.255 e. The average Bonchev–Trinajstić information content (AvgIpc) is 2.72. The number of rotatable bonds is 8. The number of nitrogens with one attached hydrogen (secondary N) is 3. The van der Waals surface area contributed by atoms with Gasteiger partial charge in [0.05, 0.1) is 10.6 Å². The smallest absolute Gasteiger partial charge is 0.255 e. The molecule has 0 fully saturated rings. The minimum Gasteiger partial charge on any atom is -0.383 e. The van der Waals surface area contributed by atoms with Gasteiger partial charge in [-0.05, 0) is 35.6 Å². The molecular formula is C21H23ClN6O2. The Bertz CT molecular complexity index is 1070. The van der Waals surface area contributed by atoms with Gasteiger partial charge in [0.2, 0.25) is 5.91 Å². The molecule has 0 spiro atoms. The van der Waals surface area contributed by atoms with Crippen LogP contribution >= 0.6 is 11.6 Å². The lowest BCUT2D eigenvalue weighted by molar-refractivity contribution is -0.118. The molecule has 0 aliphatic carbocycles. The van der Waals surface area contributed by atoms with Gasteiger partial charge in [-0.25, -0.2) is 9.97 Å². The molecule has 0 saturated heterocycles. The van der Waals surface area contributed by atoms with Gasteiger partial charge >= 0.3 is 0 Å². The van der Waals surface area contributed by atoms with Crippen LogP contribution in [0.25, 0.3) is 10.8 Å². The highest BCUT2D eigenvalue weighted by Crippen LogP contribution is 2.21. The average molecular weight is 427 g/mol. The lowest BCUT2D eigenvalue weighted by Gasteiger charge is -2.12. The molecular weight excluding hydrogens is 404 g/mol. The predicted molar refractivity (Wildman–Crippen MR) is 118 cm³/mol. The van der Waals surface area contributed by atoms with Crippen LogP contribution in [0.1, 0.15) is 29.3 Å². The van der Waals surface area contributed by atoms with Crippen LogP contribution in [-0.2, 0) is 11.3 Å². The topological polar surface area (TPSA) is 122 Å². The van der Waals surface area contributed by atoms with Crippen LogP contribution in [0.4, 0.5) is 11.6 Å². The fraction of sp³-hybridized carbons (Fsp3) is 0.238. The molecule has 0 aliphatic heterocycles. The van der Waals surface area contributed by atoms with Gasteiger partial charge in [-0.2, -0.15) is 0 Å². The van der Waals surface area contributed by atoms with Crippen molar-refractivity contribution in [1.29, 1.82) is 0 Å². The number of anilines is 2. The largest absolute Gasteiger partial charge is 0.383 e. The highest BCUT2D eigenvalue weighted by atomic mass is 35.5. The van der Waals surface area contributed by atoms with Gasteiger partial charge in [0.1, 0.15) is 11.6 Å². The minimum absolute atomic E-state index is 0.0766. The second-order valence-electron chi connectivity index (χ2n) is 6.75. The van der Waals surface area contributed by atoms with Crippen molar-refractivity contribution < 1.29 is 9.59 Å². The molecule has 9 heteroatoms. The summed E-state index contributed by atoms with van der Waals surface area (Å²) >= 11 is 6.04. The summed E-state index contributed by atoms with van der Waals surface area (Å²) in [7, 11) is 0. The number of hydrogen-bond donors (Lipinski definition) is 4. The summed E-state index contributed by atoms with van der Waals surface area (Å²) in [4.78, 5) is 32.0. The van der Waals surface area contributed by atoms with Crippen LogP contribution in [0.15, 0.2) is 42.7 Å². The van der Waals surface area contributed by atoms with Gasteiger partial charge in [-0.1, -0.05) is 23.7 Å². The summed E-state index contributed by atoms with van der Waals surface area (Å²) in [5.74, 6) is 0.551. The maximum absolute atomic E-state index is 12.8. The second-order valence-corrected chi connectivity index (χ2v) is 7.18. The molecule has 2 amide bonds. The molecule has 30 heavy (non-hydrogen) atoms. The van der Waals surface area contributed by atoms with Crippen molar-refractivity contribution in [2.75, 3.05) is 24.1 Å². The van der Waals surface area contributed by atoms with Gasteiger partial charge in [-0.15, -0.1) is 0 Å². The van der Waals surface area contributed by atoms with E-state index in [-0.39, 0.29) is 11.8 Å². The van der Waals surface area contributed by atoms with Crippen molar-refractivity contribution >= 4 is 45.8 Å². The summed E-state index contributed by atoms with van der Waals surface area (Å²) in [6.45, 7) is 2.90. The third kappa shape index (κ3) is 5.57. The highest BCUT2D eigenvalue weighted by molar-refractivity contribution is 6.31. The minimum atomic E-state index is -0.288. The third-order valence-electron chi connectivity index (χ3n) is 4.43. The zero-order valence-electron chi connectivity index (χ0n) is 16.5. The van der Waals surface area contributed by atoms with Crippen LogP contribution < -0.4 is 21.7 Å². The van der Waals surface area contributed by atoms with Crippen LogP contribution in [0, 0.1) is 0 Å². The molecule has 3 rings (SSSR count). The molecule has 0 aliphatic rings. The fourth-order valence-electron chi connectivity index (χ4n) is 2.95. The first-order valence-corrected chi connectivity index (χ1v) is 9.87. The molecule has 8 nitrogen and oxygen atoms in total. The monoisotopic (exact) mass is 426 g/mol. The van der Waals surface area contributed by atoms with E-state index < -0.39 is 0 Å². The molecule has 0 saturated carbocycles. The van der Waals surface area contributed by atoms with E-state index in [0.29, 0.717) is 48.3 Å². The van der Waals surface area contributed by atoms with E-state index >= 15 is 0 Å². The SMILES string of the molecule is CC(=O)NCCCNc1ncc(Cl)cc1C(=O)NCc1ccc2c(N)nccc2c1. The van der Waals surface area contributed by atoms with Crippen molar-refractivity contribution in [2.45, 2.75) is 19.9 Å². The Morgan fingerprint density at radius 1 is 1.10 bits per heavy atom. The van der Waals surface area contributed by atoms with Gasteiger partial charge in [0.15, 0.2) is 0 Å². The number of halogens is 1. The number of nitrogens with zero attached hydrogens (tertiary/aromatic N) is 2. The van der Waals surface area contributed by atoms with Crippen LogP contribution in [0.2, 0.25) is 5.02 Å². The Hall–Kier alpha value is -3.39. The molecule has 5 N–H and O–H groups in total. The van der Waals surface area contributed by atoms with E-state index in [1.165, 1.54) is 13.1 Å². The number of aromatic nitrogens is 2. The molecule has 1 aromatic carbocycles. The number of amides is 2. The van der Waals surface area contributed by atoms with Gasteiger partial charge in [0.25, 0.3) is 5.91 Å². The van der Waals surface area contributed by atoms with E-state index in [0.717, 1.165) is 16.3 Å². The number of nitrogens with two attached hydrogens (primary N) is 1. The number of fused-ring (bicyclic) bond motifs is 1. The first-order valence-electron chi connectivity index (χ1n) is 9.49. The normalized spacial score (nSPS) is 10.6. The van der Waals surface area contributed by atoms with Crippen molar-refractivity contribution in [3.05, 3.63) is 58.9 Å². The van der Waals surface area contributed by atoms with Crippen molar-refractivity contribution in [3.8, 4) is 0 Å². The van der Waals surface area contributed by atoms with Crippen LogP contribution in [0.3, 0.4) is 0 Å². The number of benzene rings is 1. The number of carbonyl (C=O) groups excluding carboxylic acids is 2. The molecule has 2 heterocycles. The van der Waals surface area contributed by atoms with Crippen molar-refractivity contribution in [3.63, 3.8) is 0 Å². The number of nitrogen functional groups attached to an aromatic ring is 1. The van der Waals surface area contributed by atoms with Gasteiger partial charge < -0.3 is 21.7 Å². The van der Waals surface area contributed by atoms with E-state index in [1.54, 1.807) is 12.3 Å². The zero-order valence-corrected chi connectivity index (χ0v) is 17.3. The Morgan fingerprint density at radius 3 is 2.73 bits per heavy atom. The first kappa shape index (κ1) is 21.3. The molecule has 0 unspecified atom stereocenters. The fourth-order valence-corrected chi connectivity index (χ4v) is 3.11. The molecule has 0 radical (unpaired) electrons. The Kier molecular flexibility index (Phi) is 7.03. The Labute approximate surface area is 179 Å². The summed E-state index contributed by atoms with van der Waals surface area (Å²) < 4.78 is 0. The predicted octanol–water partition coefficient (Wildman–Crippen LogP) is 2.73. The zero-order chi connectivity index (χ0) is 21.5. The molecule has 156 valence electrons. The van der Waals surface area contributed by atoms with Crippen LogP contribution in [-0.4, -0.2) is 34.9 Å². The molecule has 3 aromatic rings. The summed E-state index contributed by atoms with van der Waals surface area (Å²) in [5, 5.41) is 10.9. The standard InChI is InChI=1S/C21H23ClN6O2/c1-13(29)24-6-2-7-26-20-18(10-16(22)12-27-20)21(30)28-11-14-3-4-17-15(9-14)5-8-25-19(17)23/h3-5,8-10,12H,2,6-7,11H2,1H3,(H2,23,25)(H,24,29)(H,26,27)(H,28,30). The third-order valence-corrected chi connectivity index (χ3v) is 4.64. The highest BCUT2D eigenvalue weighted by Gasteiger charge is 2.14. The van der Waals surface area contributed by atoms with E-state index in [1.807, 2.05) is 24.3 Å². The van der Waals surface area contributed by atoms with Gasteiger partial charge in [0, 0.05) is 44.3 Å². The first-order chi connectivity index (χ1) is 14.4. The number of carbonyl (C=O) groups is 2. The van der Waals surface area contributed by atoms with Gasteiger partial charge in [-0.3, -0.25) is 9.59 Å². The van der Waals surface area contributed by atoms with Crippen molar-refractivity contribution in [1.82, 2.24) is 20.6 Å². The molecule has 2 aromatic heterocycles. The maximum atomic E-state index is 12.8.